The third kappa shape index (κ3) is 2.62. The van der Waals surface area contributed by atoms with Crippen LogP contribution in [0.3, 0.4) is 0 Å². The largest absolute Gasteiger partial charge is 0.272 e. The molecule has 1 aliphatic heterocycles. The molecule has 4 heteroatoms. The van der Waals surface area contributed by atoms with Crippen LogP contribution in [0.25, 0.3) is 0 Å². The Bertz CT molecular complexity index is 737. The van der Waals surface area contributed by atoms with Gasteiger partial charge in [-0.05, 0) is 30.7 Å². The van der Waals surface area contributed by atoms with Gasteiger partial charge in [0.15, 0.2) is 0 Å². The second kappa shape index (κ2) is 5.58. The maximum absolute atomic E-state index is 12.5. The standard InChI is InChI=1S/C17H13NO2S/c1-12-7-5-6-10-14(12)18-16(19)11-15(17(18)20)21-13-8-3-2-4-9-13/h2-11H,1H3. The van der Waals surface area contributed by atoms with Crippen molar-refractivity contribution in [2.75, 3.05) is 4.90 Å². The monoisotopic (exact) mass is 295 g/mol. The molecule has 0 fully saturated rings. The Kier molecular flexibility index (Phi) is 3.62. The fourth-order valence-corrected chi connectivity index (χ4v) is 3.07. The lowest BCUT2D eigenvalue weighted by atomic mass is 10.2. The van der Waals surface area contributed by atoms with Crippen molar-refractivity contribution in [3.63, 3.8) is 0 Å². The van der Waals surface area contributed by atoms with Gasteiger partial charge in [-0.1, -0.05) is 48.2 Å². The number of aryl methyl sites for hydroxylation is 1. The maximum Gasteiger partial charge on any atom is 0.272 e. The van der Waals surface area contributed by atoms with Crippen LogP contribution in [0, 0.1) is 6.92 Å². The number of thioether (sulfide) groups is 1. The molecule has 0 aliphatic carbocycles. The normalized spacial score (nSPS) is 14.5. The minimum absolute atomic E-state index is 0.261. The highest BCUT2D eigenvalue weighted by Crippen LogP contribution is 2.34. The van der Waals surface area contributed by atoms with Crippen molar-refractivity contribution < 1.29 is 9.59 Å². The van der Waals surface area contributed by atoms with Crippen molar-refractivity contribution in [2.24, 2.45) is 0 Å². The lowest BCUT2D eigenvalue weighted by Crippen LogP contribution is -2.31. The molecular formula is C17H13NO2S. The number of hydrogen-bond donors (Lipinski definition) is 0. The predicted molar refractivity (Wildman–Crippen MR) is 84.1 cm³/mol. The van der Waals surface area contributed by atoms with Crippen LogP contribution in [0.2, 0.25) is 0 Å². The Hall–Kier alpha value is -2.33. The van der Waals surface area contributed by atoms with Gasteiger partial charge in [-0.3, -0.25) is 9.59 Å². The fraction of sp³-hybridized carbons (Fsp3) is 0.0588. The third-order valence-electron chi connectivity index (χ3n) is 3.22. The molecule has 3 rings (SSSR count). The number of imide groups is 1. The number of nitrogens with zero attached hydrogens (tertiary/aromatic N) is 1. The summed E-state index contributed by atoms with van der Waals surface area (Å²) < 4.78 is 0. The van der Waals surface area contributed by atoms with Crippen LogP contribution in [-0.2, 0) is 9.59 Å². The molecule has 0 N–H and O–H groups in total. The van der Waals surface area contributed by atoms with Crippen LogP contribution in [0.1, 0.15) is 5.56 Å². The summed E-state index contributed by atoms with van der Waals surface area (Å²) in [6.45, 7) is 1.89. The molecule has 21 heavy (non-hydrogen) atoms. The van der Waals surface area contributed by atoms with Gasteiger partial charge in [0.05, 0.1) is 10.6 Å². The highest BCUT2D eigenvalue weighted by molar-refractivity contribution is 8.04. The van der Waals surface area contributed by atoms with E-state index in [-0.39, 0.29) is 11.8 Å². The molecule has 0 aromatic heterocycles. The van der Waals surface area contributed by atoms with E-state index in [9.17, 15) is 9.59 Å². The van der Waals surface area contributed by atoms with E-state index in [0.717, 1.165) is 10.5 Å². The number of amides is 2. The van der Waals surface area contributed by atoms with E-state index in [1.54, 1.807) is 6.07 Å². The third-order valence-corrected chi connectivity index (χ3v) is 4.24. The Balaban J connectivity index is 1.88. The molecule has 1 heterocycles. The second-order valence-electron chi connectivity index (χ2n) is 4.69. The molecule has 0 spiro atoms. The first-order valence-corrected chi connectivity index (χ1v) is 7.37. The zero-order valence-electron chi connectivity index (χ0n) is 11.4. The van der Waals surface area contributed by atoms with Gasteiger partial charge in [0.25, 0.3) is 11.8 Å². The van der Waals surface area contributed by atoms with Gasteiger partial charge < -0.3 is 0 Å². The molecule has 0 radical (unpaired) electrons. The van der Waals surface area contributed by atoms with Gasteiger partial charge in [-0.15, -0.1) is 0 Å². The first-order valence-electron chi connectivity index (χ1n) is 6.55. The Morgan fingerprint density at radius 2 is 1.57 bits per heavy atom. The van der Waals surface area contributed by atoms with Crippen LogP contribution < -0.4 is 4.90 Å². The van der Waals surface area contributed by atoms with Crippen LogP contribution in [0.15, 0.2) is 70.5 Å². The summed E-state index contributed by atoms with van der Waals surface area (Å²) in [5.74, 6) is -0.545. The van der Waals surface area contributed by atoms with Gasteiger partial charge in [-0.2, -0.15) is 0 Å². The molecule has 104 valence electrons. The quantitative estimate of drug-likeness (QED) is 0.813. The molecule has 0 bridgehead atoms. The Morgan fingerprint density at radius 1 is 0.905 bits per heavy atom. The molecule has 0 unspecified atom stereocenters. The van der Waals surface area contributed by atoms with E-state index in [0.29, 0.717) is 10.6 Å². The van der Waals surface area contributed by atoms with Gasteiger partial charge >= 0.3 is 0 Å². The Morgan fingerprint density at radius 3 is 2.29 bits per heavy atom. The maximum atomic E-state index is 12.5. The van der Waals surface area contributed by atoms with Crippen molar-refractivity contribution in [3.8, 4) is 0 Å². The summed E-state index contributed by atoms with van der Waals surface area (Å²) in [6, 6.07) is 16.9. The SMILES string of the molecule is Cc1ccccc1N1C(=O)C=C(Sc2ccccc2)C1=O. The van der Waals surface area contributed by atoms with Gasteiger partial charge in [0, 0.05) is 11.0 Å². The highest BCUT2D eigenvalue weighted by Gasteiger charge is 2.33. The summed E-state index contributed by atoms with van der Waals surface area (Å²) in [5.41, 5.74) is 1.55. The van der Waals surface area contributed by atoms with Gasteiger partial charge in [0.2, 0.25) is 0 Å². The number of carbonyl (C=O) groups is 2. The van der Waals surface area contributed by atoms with Crippen LogP contribution in [0.5, 0.6) is 0 Å². The topological polar surface area (TPSA) is 37.4 Å². The minimum Gasteiger partial charge on any atom is -0.269 e. The summed E-state index contributed by atoms with van der Waals surface area (Å²) in [4.78, 5) is 27.3. The molecular weight excluding hydrogens is 282 g/mol. The Labute approximate surface area is 127 Å². The molecule has 2 aromatic carbocycles. The molecule has 3 nitrogen and oxygen atoms in total. The van der Waals surface area contributed by atoms with Crippen molar-refractivity contribution in [3.05, 3.63) is 71.1 Å². The lowest BCUT2D eigenvalue weighted by molar-refractivity contribution is -0.120. The fourth-order valence-electron chi connectivity index (χ4n) is 2.18. The van der Waals surface area contributed by atoms with Crippen LogP contribution in [0.4, 0.5) is 5.69 Å². The van der Waals surface area contributed by atoms with Gasteiger partial charge in [0.1, 0.15) is 0 Å². The lowest BCUT2D eigenvalue weighted by Gasteiger charge is -2.17. The molecule has 2 aromatic rings. The van der Waals surface area contributed by atoms with Crippen molar-refractivity contribution >= 4 is 29.3 Å². The molecule has 0 saturated heterocycles. The number of hydrogen-bond acceptors (Lipinski definition) is 3. The number of carbonyl (C=O) groups excluding carboxylic acids is 2. The molecule has 0 atom stereocenters. The van der Waals surface area contributed by atoms with E-state index in [4.69, 9.17) is 0 Å². The number of para-hydroxylation sites is 1. The van der Waals surface area contributed by atoms with Crippen LogP contribution >= 0.6 is 11.8 Å². The zero-order valence-corrected chi connectivity index (χ0v) is 12.3. The summed E-state index contributed by atoms with van der Waals surface area (Å²) in [6.07, 6.45) is 1.41. The van der Waals surface area contributed by atoms with E-state index in [1.165, 1.54) is 22.7 Å². The molecule has 1 aliphatic rings. The summed E-state index contributed by atoms with van der Waals surface area (Å²) in [5, 5.41) is 0. The molecule has 0 saturated carbocycles. The average molecular weight is 295 g/mol. The first-order chi connectivity index (χ1) is 10.2. The van der Waals surface area contributed by atoms with Crippen molar-refractivity contribution in [1.82, 2.24) is 0 Å². The highest BCUT2D eigenvalue weighted by atomic mass is 32.2. The first kappa shape index (κ1) is 13.6. The van der Waals surface area contributed by atoms with Gasteiger partial charge in [-0.25, -0.2) is 4.90 Å². The number of benzene rings is 2. The predicted octanol–water partition coefficient (Wildman–Crippen LogP) is 3.54. The van der Waals surface area contributed by atoms with E-state index >= 15 is 0 Å². The zero-order chi connectivity index (χ0) is 14.8. The van der Waals surface area contributed by atoms with E-state index in [2.05, 4.69) is 0 Å². The number of anilines is 1. The second-order valence-corrected chi connectivity index (χ2v) is 5.80. The summed E-state index contributed by atoms with van der Waals surface area (Å²) in [7, 11) is 0. The smallest absolute Gasteiger partial charge is 0.269 e. The minimum atomic E-state index is -0.285. The van der Waals surface area contributed by atoms with Crippen LogP contribution in [-0.4, -0.2) is 11.8 Å². The molecule has 2 amide bonds. The van der Waals surface area contributed by atoms with Crippen molar-refractivity contribution in [2.45, 2.75) is 11.8 Å². The van der Waals surface area contributed by atoms with Crippen molar-refractivity contribution in [1.29, 1.82) is 0 Å². The van der Waals surface area contributed by atoms with E-state index in [1.807, 2.05) is 55.5 Å². The number of rotatable bonds is 3. The summed E-state index contributed by atoms with van der Waals surface area (Å²) >= 11 is 1.32. The average Bonchev–Trinajstić information content (AvgIpc) is 2.76. The van der Waals surface area contributed by atoms with E-state index < -0.39 is 0 Å².